The molecule has 0 bridgehead atoms. The number of halogens is 1. The number of nitrogens with one attached hydrogen (secondary N) is 2. The van der Waals surface area contributed by atoms with Crippen LogP contribution in [0.3, 0.4) is 0 Å². The Labute approximate surface area is 139 Å². The molecule has 0 radical (unpaired) electrons. The summed E-state index contributed by atoms with van der Waals surface area (Å²) in [5.41, 5.74) is 1.52. The van der Waals surface area contributed by atoms with Gasteiger partial charge in [0.05, 0.1) is 11.5 Å². The van der Waals surface area contributed by atoms with Crippen molar-refractivity contribution in [2.24, 2.45) is 4.99 Å². The average Bonchev–Trinajstić information content (AvgIpc) is 2.59. The predicted molar refractivity (Wildman–Crippen MR) is 91.2 cm³/mol. The highest BCUT2D eigenvalue weighted by atomic mass is 19.1. The second-order valence-corrected chi connectivity index (χ2v) is 5.06. The first-order valence-corrected chi connectivity index (χ1v) is 7.59. The van der Waals surface area contributed by atoms with Crippen molar-refractivity contribution in [2.45, 2.75) is 20.0 Å². The van der Waals surface area contributed by atoms with Gasteiger partial charge in [-0.3, -0.25) is 10.1 Å². The first-order valence-electron chi connectivity index (χ1n) is 7.59. The zero-order valence-corrected chi connectivity index (χ0v) is 13.3. The van der Waals surface area contributed by atoms with Gasteiger partial charge in [0.15, 0.2) is 5.96 Å². The van der Waals surface area contributed by atoms with Gasteiger partial charge in [-0.05, 0) is 24.6 Å². The van der Waals surface area contributed by atoms with Crippen LogP contribution in [0.1, 0.15) is 18.1 Å². The topological polar surface area (TPSA) is 79.6 Å². The van der Waals surface area contributed by atoms with Gasteiger partial charge >= 0.3 is 0 Å². The van der Waals surface area contributed by atoms with Crippen LogP contribution in [-0.4, -0.2) is 17.4 Å². The molecule has 0 spiro atoms. The maximum Gasteiger partial charge on any atom is 0.274 e. The van der Waals surface area contributed by atoms with Crippen molar-refractivity contribution in [1.29, 1.82) is 0 Å². The van der Waals surface area contributed by atoms with E-state index < -0.39 is 4.92 Å². The van der Waals surface area contributed by atoms with Gasteiger partial charge in [-0.15, -0.1) is 0 Å². The van der Waals surface area contributed by atoms with Gasteiger partial charge in [0.2, 0.25) is 0 Å². The maximum atomic E-state index is 12.9. The van der Waals surface area contributed by atoms with Crippen molar-refractivity contribution in [3.63, 3.8) is 0 Å². The third-order valence-corrected chi connectivity index (χ3v) is 3.31. The normalized spacial score (nSPS) is 11.2. The molecule has 0 amide bonds. The summed E-state index contributed by atoms with van der Waals surface area (Å²) >= 11 is 0. The minimum atomic E-state index is -0.403. The van der Waals surface area contributed by atoms with E-state index in [2.05, 4.69) is 15.6 Å². The van der Waals surface area contributed by atoms with Gasteiger partial charge in [-0.1, -0.05) is 30.3 Å². The van der Waals surface area contributed by atoms with Crippen LogP contribution in [-0.2, 0) is 13.1 Å². The number of aliphatic imine (C=N–C) groups is 1. The van der Waals surface area contributed by atoms with Crippen LogP contribution in [0.25, 0.3) is 0 Å². The van der Waals surface area contributed by atoms with Gasteiger partial charge in [-0.2, -0.15) is 0 Å². The van der Waals surface area contributed by atoms with Crippen LogP contribution in [0.5, 0.6) is 0 Å². The molecule has 6 nitrogen and oxygen atoms in total. The number of benzene rings is 2. The first-order chi connectivity index (χ1) is 11.6. The summed E-state index contributed by atoms with van der Waals surface area (Å²) in [5.74, 6) is 0.254. The summed E-state index contributed by atoms with van der Waals surface area (Å²) in [5, 5.41) is 17.2. The first kappa shape index (κ1) is 17.4. The van der Waals surface area contributed by atoms with E-state index in [-0.39, 0.29) is 18.0 Å². The molecule has 0 aliphatic carbocycles. The summed E-state index contributed by atoms with van der Waals surface area (Å²) in [7, 11) is 0. The molecule has 2 aromatic carbocycles. The molecule has 0 aliphatic heterocycles. The van der Waals surface area contributed by atoms with Crippen molar-refractivity contribution in [1.82, 2.24) is 10.6 Å². The Morgan fingerprint density at radius 3 is 2.54 bits per heavy atom. The van der Waals surface area contributed by atoms with Gasteiger partial charge in [0, 0.05) is 24.7 Å². The average molecular weight is 330 g/mol. The molecule has 0 saturated heterocycles. The number of para-hydroxylation sites is 1. The Kier molecular flexibility index (Phi) is 6.24. The van der Waals surface area contributed by atoms with Crippen LogP contribution in [0.15, 0.2) is 53.5 Å². The zero-order chi connectivity index (χ0) is 17.4. The lowest BCUT2D eigenvalue weighted by atomic mass is 10.2. The number of nitrogens with zero attached hydrogens (tertiary/aromatic N) is 2. The number of hydrogen-bond donors (Lipinski definition) is 2. The minimum absolute atomic E-state index is 0.0689. The fourth-order valence-electron chi connectivity index (χ4n) is 2.12. The van der Waals surface area contributed by atoms with Crippen molar-refractivity contribution in [3.8, 4) is 0 Å². The number of nitro groups is 1. The number of rotatable bonds is 6. The van der Waals surface area contributed by atoms with Crippen molar-refractivity contribution in [3.05, 3.63) is 75.6 Å². The largest absolute Gasteiger partial charge is 0.357 e. The standard InChI is InChI=1S/C17H19FN4O2/c1-2-19-17(20-11-13-7-9-15(18)10-8-13)21-12-14-5-3-4-6-16(14)22(23)24/h3-10H,2,11-12H2,1H3,(H2,19,20,21). The highest BCUT2D eigenvalue weighted by molar-refractivity contribution is 5.79. The van der Waals surface area contributed by atoms with Gasteiger partial charge in [0.25, 0.3) is 5.69 Å². The van der Waals surface area contributed by atoms with E-state index in [4.69, 9.17) is 0 Å². The second kappa shape index (κ2) is 8.61. The van der Waals surface area contributed by atoms with E-state index in [1.807, 2.05) is 6.92 Å². The fourth-order valence-corrected chi connectivity index (χ4v) is 2.12. The molecule has 2 aromatic rings. The predicted octanol–water partition coefficient (Wildman–Crippen LogP) is 2.99. The monoisotopic (exact) mass is 330 g/mol. The van der Waals surface area contributed by atoms with Crippen molar-refractivity contribution in [2.75, 3.05) is 6.54 Å². The fraction of sp³-hybridized carbons (Fsp3) is 0.235. The maximum absolute atomic E-state index is 12.9. The van der Waals surface area contributed by atoms with Crippen LogP contribution in [0.2, 0.25) is 0 Å². The van der Waals surface area contributed by atoms with Crippen molar-refractivity contribution >= 4 is 11.6 Å². The Morgan fingerprint density at radius 2 is 1.88 bits per heavy atom. The number of guanidine groups is 1. The molecule has 2 rings (SSSR count). The minimum Gasteiger partial charge on any atom is -0.357 e. The summed E-state index contributed by atoms with van der Waals surface area (Å²) in [6, 6.07) is 12.7. The Hall–Kier alpha value is -2.96. The van der Waals surface area contributed by atoms with Crippen LogP contribution < -0.4 is 10.6 Å². The summed E-state index contributed by atoms with van der Waals surface area (Å²) < 4.78 is 12.9. The molecule has 0 aromatic heterocycles. The Balaban J connectivity index is 2.04. The Morgan fingerprint density at radius 1 is 1.17 bits per heavy atom. The third kappa shape index (κ3) is 5.05. The van der Waals surface area contributed by atoms with Crippen LogP contribution >= 0.6 is 0 Å². The SMILES string of the molecule is CCNC(=NCc1ccc(F)cc1)NCc1ccccc1[N+](=O)[O-]. The summed E-state index contributed by atoms with van der Waals surface area (Å²) in [6.07, 6.45) is 0. The summed E-state index contributed by atoms with van der Waals surface area (Å²) in [6.45, 7) is 3.26. The second-order valence-electron chi connectivity index (χ2n) is 5.06. The molecule has 126 valence electrons. The lowest BCUT2D eigenvalue weighted by molar-refractivity contribution is -0.385. The molecule has 2 N–H and O–H groups in total. The van der Waals surface area contributed by atoms with Crippen LogP contribution in [0, 0.1) is 15.9 Å². The van der Waals surface area contributed by atoms with Gasteiger partial charge in [-0.25, -0.2) is 9.38 Å². The molecule has 24 heavy (non-hydrogen) atoms. The van der Waals surface area contributed by atoms with Gasteiger partial charge < -0.3 is 10.6 Å². The van der Waals surface area contributed by atoms with E-state index in [9.17, 15) is 14.5 Å². The quantitative estimate of drug-likeness (QED) is 0.369. The highest BCUT2D eigenvalue weighted by Gasteiger charge is 2.12. The Bertz CT molecular complexity index is 717. The van der Waals surface area contributed by atoms with E-state index >= 15 is 0 Å². The zero-order valence-electron chi connectivity index (χ0n) is 13.3. The van der Waals surface area contributed by atoms with E-state index in [0.717, 1.165) is 5.56 Å². The summed E-state index contributed by atoms with van der Waals surface area (Å²) in [4.78, 5) is 15.0. The highest BCUT2D eigenvalue weighted by Crippen LogP contribution is 2.17. The van der Waals surface area contributed by atoms with E-state index in [1.54, 1.807) is 30.3 Å². The van der Waals surface area contributed by atoms with Gasteiger partial charge in [0.1, 0.15) is 5.82 Å². The smallest absolute Gasteiger partial charge is 0.274 e. The molecule has 7 heteroatoms. The number of hydrogen-bond acceptors (Lipinski definition) is 3. The van der Waals surface area contributed by atoms with Crippen LogP contribution in [0.4, 0.5) is 10.1 Å². The molecule has 0 heterocycles. The molecule has 0 unspecified atom stereocenters. The molecule has 0 fully saturated rings. The molecular weight excluding hydrogens is 311 g/mol. The molecule has 0 saturated carbocycles. The molecular formula is C17H19FN4O2. The van der Waals surface area contributed by atoms with E-state index in [0.29, 0.717) is 24.6 Å². The van der Waals surface area contributed by atoms with E-state index in [1.165, 1.54) is 18.2 Å². The number of nitro benzene ring substituents is 1. The third-order valence-electron chi connectivity index (χ3n) is 3.31. The van der Waals surface area contributed by atoms with Crippen molar-refractivity contribution < 1.29 is 9.31 Å². The lowest BCUT2D eigenvalue weighted by Gasteiger charge is -2.11. The molecule has 0 aliphatic rings. The lowest BCUT2D eigenvalue weighted by Crippen LogP contribution is -2.36. The molecule has 0 atom stereocenters.